The van der Waals surface area contributed by atoms with Crippen LogP contribution in [0.3, 0.4) is 0 Å². The van der Waals surface area contributed by atoms with E-state index in [4.69, 9.17) is 0 Å². The van der Waals surface area contributed by atoms with Gasteiger partial charge in [0.2, 0.25) is 0 Å². The van der Waals surface area contributed by atoms with Crippen molar-refractivity contribution in [3.8, 4) is 0 Å². The molecule has 0 atom stereocenters. The van der Waals surface area contributed by atoms with E-state index in [1.807, 2.05) is 0 Å². The summed E-state index contributed by atoms with van der Waals surface area (Å²) in [5.41, 5.74) is 0. The Labute approximate surface area is 173 Å². The Morgan fingerprint density at radius 2 is 0.571 bits per heavy atom. The summed E-state index contributed by atoms with van der Waals surface area (Å²) in [5, 5.41) is 0. The summed E-state index contributed by atoms with van der Waals surface area (Å²) in [4.78, 5) is 9.51. The molecule has 0 N–H and O–H groups in total. The van der Waals surface area contributed by atoms with Gasteiger partial charge in [0.25, 0.3) is 0 Å². The van der Waals surface area contributed by atoms with Gasteiger partial charge in [-0.2, -0.15) is 92.2 Å². The molecule has 0 aromatic rings. The monoisotopic (exact) mass is 582 g/mol. The highest BCUT2D eigenvalue weighted by molar-refractivity contribution is 5.58. The zero-order chi connectivity index (χ0) is 29.3. The maximum atomic E-state index is 13.3. The molecule has 0 fully saturated rings. The largest absolute Gasteiger partial charge is 0.500 e. The lowest BCUT2D eigenvalue weighted by molar-refractivity contribution is -0.481. The van der Waals surface area contributed by atoms with Crippen LogP contribution in [0.2, 0.25) is 0 Å². The lowest BCUT2D eigenvalue weighted by Crippen LogP contribution is -2.77. The van der Waals surface area contributed by atoms with Crippen LogP contribution < -0.4 is 0 Å². The van der Waals surface area contributed by atoms with E-state index in [0.29, 0.717) is 0 Å². The molecule has 0 aromatic carbocycles. The van der Waals surface area contributed by atoms with Crippen molar-refractivity contribution in [1.82, 2.24) is 0 Å². The van der Waals surface area contributed by atoms with E-state index < -0.39 is 65.9 Å². The first-order chi connectivity index (χ1) is 14.7. The van der Waals surface area contributed by atoms with Crippen molar-refractivity contribution in [3.63, 3.8) is 0 Å². The third-order valence-electron chi connectivity index (χ3n) is 3.69. The molecule has 0 aromatic heterocycles. The first-order valence-electron chi connectivity index (χ1n) is 7.02. The fourth-order valence-corrected chi connectivity index (χ4v) is 1.71. The minimum absolute atomic E-state index is 1.46. The Balaban J connectivity index is 7.05. The zero-order valence-corrected chi connectivity index (χ0v) is 14.6. The second-order valence-corrected chi connectivity index (χ2v) is 5.95. The van der Waals surface area contributed by atoms with E-state index >= 15 is 0 Å². The van der Waals surface area contributed by atoms with Crippen LogP contribution in [0.5, 0.6) is 0 Å². The Bertz CT molecular complexity index is 805. The van der Waals surface area contributed by atoms with Crippen LogP contribution >= 0.6 is 0 Å². The lowest BCUT2D eigenvalue weighted by atomic mass is 9.87. The van der Waals surface area contributed by atoms with E-state index in [1.54, 1.807) is 0 Å². The Hall–Kier alpha value is -2.07. The van der Waals surface area contributed by atoms with Crippen LogP contribution in [-0.2, 0) is 4.74 Å². The molecule has 0 amide bonds. The lowest BCUT2D eigenvalue weighted by Gasteiger charge is -2.44. The van der Waals surface area contributed by atoms with Gasteiger partial charge in [-0.1, -0.05) is 0 Å². The van der Waals surface area contributed by atoms with E-state index in [-0.39, 0.29) is 0 Å². The average Bonchev–Trinajstić information content (AvgIpc) is 2.58. The average molecular weight is 582 g/mol. The normalized spacial score (nSPS) is 16.4. The highest BCUT2D eigenvalue weighted by Crippen LogP contribution is 2.66. The van der Waals surface area contributed by atoms with Gasteiger partial charge in [0.15, 0.2) is 0 Å². The molecule has 0 saturated carbocycles. The quantitative estimate of drug-likeness (QED) is 0.210. The molecule has 0 bridgehead atoms. The van der Waals surface area contributed by atoms with Gasteiger partial charge in [0.05, 0.1) is 0 Å². The molecule has 0 radical (unpaired) electrons. The molecular formula is C11F22O2. The summed E-state index contributed by atoms with van der Waals surface area (Å²) in [6.07, 6.45) is -20.1. The van der Waals surface area contributed by atoms with Gasteiger partial charge in [-0.3, -0.25) is 0 Å². The Morgan fingerprint density at radius 1 is 0.371 bits per heavy atom. The topological polar surface area (TPSA) is 26.3 Å². The van der Waals surface area contributed by atoms with Gasteiger partial charge in [0.1, 0.15) is 0 Å². The standard InChI is InChI=1S/C11F22O2/c12-1(34)35-11(32,33)9(27,28)7(23,24)5(19,20)3(15,16)2(13,14)4(17,18)6(21,22)8(25,26)10(29,30)31. The molecule has 0 aliphatic rings. The van der Waals surface area contributed by atoms with Crippen molar-refractivity contribution >= 4 is 6.22 Å². The van der Waals surface area contributed by atoms with Crippen molar-refractivity contribution in [2.24, 2.45) is 0 Å². The number of alkyl halides is 21. The SMILES string of the molecule is O=C(F)OC(F)(F)C(F)(F)C(F)(F)C(F)(F)C(F)(F)C(F)(F)C(F)(F)C(F)(F)C(F)(F)C(F)(F)F. The van der Waals surface area contributed by atoms with Crippen LogP contribution in [0.15, 0.2) is 0 Å². The predicted octanol–water partition coefficient (Wildman–Crippen LogP) is 7.33. The highest BCUT2D eigenvalue weighted by Gasteiger charge is 2.98. The summed E-state index contributed by atoms with van der Waals surface area (Å²) in [5.74, 6) is -72.0. The van der Waals surface area contributed by atoms with Gasteiger partial charge < -0.3 is 4.74 Å². The van der Waals surface area contributed by atoms with Crippen LogP contribution in [0, 0.1) is 0 Å². The van der Waals surface area contributed by atoms with E-state index in [9.17, 15) is 101 Å². The molecule has 210 valence electrons. The van der Waals surface area contributed by atoms with Crippen molar-refractivity contribution in [3.05, 3.63) is 0 Å². The van der Waals surface area contributed by atoms with E-state index in [0.717, 1.165) is 0 Å². The number of carbonyl (C=O) groups is 1. The van der Waals surface area contributed by atoms with E-state index in [2.05, 4.69) is 0 Å². The second kappa shape index (κ2) is 7.96. The first kappa shape index (κ1) is 32.9. The molecular weight excluding hydrogens is 582 g/mol. The minimum Gasteiger partial charge on any atom is -0.370 e. The fraction of sp³-hybridized carbons (Fsp3) is 0.909. The van der Waals surface area contributed by atoms with Crippen LogP contribution in [0.1, 0.15) is 0 Å². The van der Waals surface area contributed by atoms with Crippen molar-refractivity contribution in [2.45, 2.75) is 59.7 Å². The fourth-order valence-electron chi connectivity index (χ4n) is 1.71. The molecule has 0 rings (SSSR count). The molecule has 0 saturated heterocycles. The van der Waals surface area contributed by atoms with Gasteiger partial charge in [-0.15, -0.1) is 4.39 Å². The molecule has 0 unspecified atom stereocenters. The highest BCUT2D eigenvalue weighted by atomic mass is 19.4. The maximum absolute atomic E-state index is 13.3. The summed E-state index contributed by atoms with van der Waals surface area (Å²) < 4.78 is 283. The molecule has 0 aliphatic heterocycles. The number of rotatable bonds is 9. The first-order valence-corrected chi connectivity index (χ1v) is 7.02. The van der Waals surface area contributed by atoms with Crippen molar-refractivity contribution in [1.29, 1.82) is 0 Å². The summed E-state index contributed by atoms with van der Waals surface area (Å²) in [6, 6.07) is 0. The molecule has 35 heavy (non-hydrogen) atoms. The number of carbonyl (C=O) groups excluding carboxylic acids is 1. The third kappa shape index (κ3) is 4.06. The zero-order valence-electron chi connectivity index (χ0n) is 14.6. The Morgan fingerprint density at radius 3 is 0.771 bits per heavy atom. The Kier molecular flexibility index (Phi) is 7.49. The maximum Gasteiger partial charge on any atom is 0.500 e. The number of ether oxygens (including phenoxy) is 1. The summed E-state index contributed by atoms with van der Waals surface area (Å²) >= 11 is 0. The summed E-state index contributed by atoms with van der Waals surface area (Å²) in [6.45, 7) is 0. The van der Waals surface area contributed by atoms with Crippen LogP contribution in [-0.4, -0.2) is 65.9 Å². The number of halogens is 22. The van der Waals surface area contributed by atoms with Crippen molar-refractivity contribution in [2.75, 3.05) is 0 Å². The molecule has 0 heterocycles. The van der Waals surface area contributed by atoms with Gasteiger partial charge in [0, 0.05) is 0 Å². The molecule has 0 aliphatic carbocycles. The van der Waals surface area contributed by atoms with Crippen LogP contribution in [0.25, 0.3) is 0 Å². The predicted molar refractivity (Wildman–Crippen MR) is 58.2 cm³/mol. The smallest absolute Gasteiger partial charge is 0.370 e. The van der Waals surface area contributed by atoms with Gasteiger partial charge in [-0.25, -0.2) is 4.79 Å². The molecule has 24 heteroatoms. The van der Waals surface area contributed by atoms with Gasteiger partial charge in [-0.05, 0) is 0 Å². The third-order valence-corrected chi connectivity index (χ3v) is 3.69. The number of hydrogen-bond acceptors (Lipinski definition) is 2. The number of hydrogen-bond donors (Lipinski definition) is 0. The molecule has 0 spiro atoms. The van der Waals surface area contributed by atoms with Crippen molar-refractivity contribution < 1.29 is 106 Å². The minimum atomic E-state index is -9.32. The van der Waals surface area contributed by atoms with Gasteiger partial charge >= 0.3 is 65.9 Å². The summed E-state index contributed by atoms with van der Waals surface area (Å²) in [7, 11) is 0. The van der Waals surface area contributed by atoms with Crippen LogP contribution in [0.4, 0.5) is 101 Å². The van der Waals surface area contributed by atoms with E-state index in [1.165, 1.54) is 4.74 Å². The molecule has 2 nitrogen and oxygen atoms in total. The second-order valence-electron chi connectivity index (χ2n) is 5.95.